The molecule has 1 aliphatic rings. The molecule has 2 heterocycles. The van der Waals surface area contributed by atoms with Crippen LogP contribution in [0.4, 0.5) is 0 Å². The molecule has 240 valence electrons. The number of thiazole rings is 1. The molecular weight excluding hydrogens is 680 g/mol. The fourth-order valence-electron chi connectivity index (χ4n) is 5.67. The summed E-state index contributed by atoms with van der Waals surface area (Å²) in [6.07, 6.45) is 1.80. The van der Waals surface area contributed by atoms with Crippen LogP contribution in [0.2, 0.25) is 0 Å². The minimum atomic E-state index is -0.717. The molecule has 0 amide bonds. The van der Waals surface area contributed by atoms with Gasteiger partial charge >= 0.3 is 5.97 Å². The number of nitrogens with zero attached hydrogens (tertiary/aromatic N) is 2. The van der Waals surface area contributed by atoms with Crippen molar-refractivity contribution in [2.24, 2.45) is 4.99 Å². The van der Waals surface area contributed by atoms with Crippen LogP contribution >= 0.6 is 27.3 Å². The van der Waals surface area contributed by atoms with Crippen molar-refractivity contribution in [1.82, 2.24) is 4.57 Å². The Morgan fingerprint density at radius 3 is 2.49 bits per heavy atom. The number of carbonyl (C=O) groups excluding carboxylic acids is 1. The number of esters is 1. The highest BCUT2D eigenvalue weighted by molar-refractivity contribution is 9.10. The lowest BCUT2D eigenvalue weighted by Gasteiger charge is -2.24. The lowest BCUT2D eigenvalue weighted by molar-refractivity contribution is -0.139. The van der Waals surface area contributed by atoms with Crippen molar-refractivity contribution in [3.63, 3.8) is 0 Å². The van der Waals surface area contributed by atoms with Gasteiger partial charge in [0.25, 0.3) is 5.56 Å². The third kappa shape index (κ3) is 6.48. The molecule has 0 N–H and O–H groups in total. The molecular formula is C37H33BrN2O6S. The van der Waals surface area contributed by atoms with Gasteiger partial charge in [0.2, 0.25) is 0 Å². The van der Waals surface area contributed by atoms with Crippen LogP contribution in [-0.2, 0) is 16.1 Å². The fourth-order valence-corrected chi connectivity index (χ4v) is 7.14. The first-order chi connectivity index (χ1) is 22.8. The molecule has 0 bridgehead atoms. The minimum Gasteiger partial charge on any atom is -0.494 e. The number of allylic oxidation sites excluding steroid dienone is 1. The molecule has 0 spiro atoms. The number of fused-ring (bicyclic) bond motifs is 2. The first-order valence-electron chi connectivity index (χ1n) is 15.2. The molecule has 0 aliphatic carbocycles. The van der Waals surface area contributed by atoms with Gasteiger partial charge in [0.05, 0.1) is 42.2 Å². The van der Waals surface area contributed by atoms with Gasteiger partial charge in [-0.05, 0) is 78.6 Å². The molecule has 6 rings (SSSR count). The topological polar surface area (TPSA) is 88.4 Å². The van der Waals surface area contributed by atoms with E-state index in [0.717, 1.165) is 31.9 Å². The third-order valence-corrected chi connectivity index (χ3v) is 9.53. The molecule has 8 nitrogen and oxygen atoms in total. The predicted octanol–water partition coefficient (Wildman–Crippen LogP) is 6.70. The second kappa shape index (κ2) is 14.0. The lowest BCUT2D eigenvalue weighted by atomic mass is 9.96. The van der Waals surface area contributed by atoms with Crippen LogP contribution in [0, 0.1) is 0 Å². The Morgan fingerprint density at radius 1 is 0.979 bits per heavy atom. The van der Waals surface area contributed by atoms with Gasteiger partial charge < -0.3 is 18.9 Å². The molecule has 5 aromatic rings. The Labute approximate surface area is 284 Å². The van der Waals surface area contributed by atoms with Gasteiger partial charge in [0.15, 0.2) is 16.3 Å². The van der Waals surface area contributed by atoms with Crippen molar-refractivity contribution in [2.45, 2.75) is 33.4 Å². The van der Waals surface area contributed by atoms with E-state index in [0.29, 0.717) is 51.1 Å². The molecule has 1 aliphatic heterocycles. The monoisotopic (exact) mass is 712 g/mol. The van der Waals surface area contributed by atoms with Crippen molar-refractivity contribution in [2.75, 3.05) is 20.3 Å². The van der Waals surface area contributed by atoms with Gasteiger partial charge in [0, 0.05) is 4.47 Å². The predicted molar refractivity (Wildman–Crippen MR) is 187 cm³/mol. The number of halogens is 1. The Balaban J connectivity index is 1.39. The van der Waals surface area contributed by atoms with Crippen molar-refractivity contribution in [3.05, 3.63) is 131 Å². The highest BCUT2D eigenvalue weighted by Crippen LogP contribution is 2.35. The summed E-state index contributed by atoms with van der Waals surface area (Å²) in [6.45, 7) is 6.52. The fraction of sp³-hybridized carbons (Fsp3) is 0.216. The van der Waals surface area contributed by atoms with Gasteiger partial charge in [0.1, 0.15) is 12.4 Å². The minimum absolute atomic E-state index is 0.202. The molecule has 4 aromatic carbocycles. The molecule has 0 saturated carbocycles. The quantitative estimate of drug-likeness (QED) is 0.150. The summed E-state index contributed by atoms with van der Waals surface area (Å²) in [5, 5.41) is 2.28. The summed E-state index contributed by atoms with van der Waals surface area (Å²) >= 11 is 4.93. The van der Waals surface area contributed by atoms with Crippen molar-refractivity contribution in [3.8, 4) is 17.2 Å². The summed E-state index contributed by atoms with van der Waals surface area (Å²) in [4.78, 5) is 32.5. The summed E-state index contributed by atoms with van der Waals surface area (Å²) in [5.74, 6) is 1.29. The zero-order valence-electron chi connectivity index (χ0n) is 26.4. The van der Waals surface area contributed by atoms with Crippen LogP contribution in [0.25, 0.3) is 16.8 Å². The summed E-state index contributed by atoms with van der Waals surface area (Å²) < 4.78 is 25.7. The highest BCUT2D eigenvalue weighted by Gasteiger charge is 2.33. The molecule has 0 fully saturated rings. The van der Waals surface area contributed by atoms with E-state index in [2.05, 4.69) is 39.1 Å². The van der Waals surface area contributed by atoms with Crippen LogP contribution in [0.5, 0.6) is 17.2 Å². The molecule has 47 heavy (non-hydrogen) atoms. The number of hydrogen-bond acceptors (Lipinski definition) is 8. The molecule has 0 radical (unpaired) electrons. The van der Waals surface area contributed by atoms with Gasteiger partial charge in [-0.2, -0.15) is 0 Å². The van der Waals surface area contributed by atoms with Gasteiger partial charge in [-0.3, -0.25) is 9.36 Å². The largest absolute Gasteiger partial charge is 0.494 e. The van der Waals surface area contributed by atoms with Crippen LogP contribution < -0.4 is 29.1 Å². The number of benzene rings is 4. The zero-order valence-corrected chi connectivity index (χ0v) is 28.8. The van der Waals surface area contributed by atoms with E-state index in [1.807, 2.05) is 67.6 Å². The second-order valence-corrected chi connectivity index (χ2v) is 12.6. The van der Waals surface area contributed by atoms with E-state index in [1.54, 1.807) is 31.6 Å². The van der Waals surface area contributed by atoms with Crippen LogP contribution in [-0.4, -0.2) is 30.9 Å². The SMILES string of the molecule is CCOC(=O)C1=C(C)N=c2s/c(=C/c3cc(OC)c(OCc4cccc5ccccc45)cc3Br)c(=O)n2[C@@H]1c1ccc(OCC)cc1. The second-order valence-electron chi connectivity index (χ2n) is 10.8. The number of aromatic nitrogens is 1. The maximum atomic E-state index is 14.1. The van der Waals surface area contributed by atoms with Gasteiger partial charge in [-0.1, -0.05) is 81.9 Å². The number of ether oxygens (including phenoxy) is 4. The average molecular weight is 714 g/mol. The van der Waals surface area contributed by atoms with E-state index < -0.39 is 12.0 Å². The average Bonchev–Trinajstić information content (AvgIpc) is 3.38. The first-order valence-corrected chi connectivity index (χ1v) is 16.8. The first kappa shape index (κ1) is 32.3. The lowest BCUT2D eigenvalue weighted by Crippen LogP contribution is -2.39. The molecule has 10 heteroatoms. The highest BCUT2D eigenvalue weighted by atomic mass is 79.9. The van der Waals surface area contributed by atoms with Crippen LogP contribution in [0.1, 0.15) is 43.5 Å². The van der Waals surface area contributed by atoms with E-state index >= 15 is 0 Å². The van der Waals surface area contributed by atoms with Crippen molar-refractivity contribution >= 4 is 50.1 Å². The smallest absolute Gasteiger partial charge is 0.338 e. The molecule has 0 saturated heterocycles. The number of hydrogen-bond donors (Lipinski definition) is 0. The Kier molecular flexibility index (Phi) is 9.60. The normalized spacial score (nSPS) is 14.5. The summed E-state index contributed by atoms with van der Waals surface area (Å²) in [6, 6.07) is 24.7. The van der Waals surface area contributed by atoms with E-state index in [1.165, 1.54) is 11.3 Å². The van der Waals surface area contributed by atoms with Crippen molar-refractivity contribution in [1.29, 1.82) is 0 Å². The maximum absolute atomic E-state index is 14.1. The van der Waals surface area contributed by atoms with E-state index in [9.17, 15) is 9.59 Å². The molecule has 1 atom stereocenters. The van der Waals surface area contributed by atoms with Crippen LogP contribution in [0.3, 0.4) is 0 Å². The summed E-state index contributed by atoms with van der Waals surface area (Å²) in [7, 11) is 1.59. The van der Waals surface area contributed by atoms with E-state index in [4.69, 9.17) is 18.9 Å². The van der Waals surface area contributed by atoms with Gasteiger partial charge in [-0.25, -0.2) is 9.79 Å². The standard InChI is InChI=1S/C37H33BrN2O6S/c1-5-44-27-16-14-24(15-17-27)34-33(36(42)45-6-2)22(3)39-37-40(34)35(41)32(47-37)19-26-18-30(43-4)31(20-29(26)38)46-21-25-12-9-11-23-10-7-8-13-28(23)25/h7-20,34H,5-6,21H2,1-4H3/b32-19+/t34-/m1/s1. The number of rotatable bonds is 10. The number of carbonyl (C=O) groups is 1. The maximum Gasteiger partial charge on any atom is 0.338 e. The van der Waals surface area contributed by atoms with Gasteiger partial charge in [-0.15, -0.1) is 0 Å². The summed E-state index contributed by atoms with van der Waals surface area (Å²) in [5.41, 5.74) is 3.09. The zero-order chi connectivity index (χ0) is 33.1. The van der Waals surface area contributed by atoms with Crippen molar-refractivity contribution < 1.29 is 23.7 Å². The number of methoxy groups -OCH3 is 1. The Morgan fingerprint density at radius 2 is 1.74 bits per heavy atom. The third-order valence-electron chi connectivity index (χ3n) is 7.86. The van der Waals surface area contributed by atoms with E-state index in [-0.39, 0.29) is 12.2 Å². The Hall–Kier alpha value is -4.67. The Bertz CT molecular complexity index is 2180. The van der Waals surface area contributed by atoms with Crippen LogP contribution in [0.15, 0.2) is 104 Å². The molecule has 1 aromatic heterocycles. The molecule has 0 unspecified atom stereocenters.